The molecular formula is C9H13BrN4O4S. The summed E-state index contributed by atoms with van der Waals surface area (Å²) in [5, 5.41) is 13.5. The van der Waals surface area contributed by atoms with Crippen LogP contribution in [0.3, 0.4) is 0 Å². The SMILES string of the molecule is CN(C)S(=O)(=O)CCNc1ncc(Br)cc1[N+](=O)[O-]. The minimum Gasteiger partial charge on any atom is -0.363 e. The maximum atomic E-state index is 11.5. The van der Waals surface area contributed by atoms with Crippen LogP contribution in [0.2, 0.25) is 0 Å². The third kappa shape index (κ3) is 4.40. The second kappa shape index (κ2) is 6.26. The van der Waals surface area contributed by atoms with Gasteiger partial charge in [-0.25, -0.2) is 17.7 Å². The van der Waals surface area contributed by atoms with Crippen LogP contribution in [0.4, 0.5) is 11.5 Å². The van der Waals surface area contributed by atoms with Crippen LogP contribution in [-0.2, 0) is 10.0 Å². The summed E-state index contributed by atoms with van der Waals surface area (Å²) in [4.78, 5) is 14.1. The van der Waals surface area contributed by atoms with Gasteiger partial charge < -0.3 is 5.32 Å². The zero-order valence-corrected chi connectivity index (χ0v) is 12.7. The fourth-order valence-electron chi connectivity index (χ4n) is 1.18. The molecule has 0 spiro atoms. The minimum atomic E-state index is -3.35. The highest BCUT2D eigenvalue weighted by molar-refractivity contribution is 9.10. The Kier molecular flexibility index (Phi) is 5.20. The molecule has 19 heavy (non-hydrogen) atoms. The third-order valence-electron chi connectivity index (χ3n) is 2.24. The molecule has 106 valence electrons. The van der Waals surface area contributed by atoms with Crippen LogP contribution in [-0.4, -0.2) is 49.0 Å². The number of pyridine rings is 1. The molecule has 0 aliphatic heterocycles. The zero-order valence-electron chi connectivity index (χ0n) is 10.3. The van der Waals surface area contributed by atoms with Gasteiger partial charge in [-0.15, -0.1) is 0 Å². The monoisotopic (exact) mass is 352 g/mol. The maximum absolute atomic E-state index is 11.5. The summed E-state index contributed by atoms with van der Waals surface area (Å²) in [6, 6.07) is 1.30. The fourth-order valence-corrected chi connectivity index (χ4v) is 2.23. The Labute approximate surface area is 119 Å². The molecular weight excluding hydrogens is 340 g/mol. The van der Waals surface area contributed by atoms with Gasteiger partial charge in [0.05, 0.1) is 10.7 Å². The van der Waals surface area contributed by atoms with Crippen LogP contribution in [0.25, 0.3) is 0 Å². The van der Waals surface area contributed by atoms with Crippen molar-refractivity contribution in [2.45, 2.75) is 0 Å². The molecule has 0 fully saturated rings. The Morgan fingerprint density at radius 3 is 2.68 bits per heavy atom. The van der Waals surface area contributed by atoms with E-state index in [-0.39, 0.29) is 23.8 Å². The Hall–Kier alpha value is -1.26. The van der Waals surface area contributed by atoms with Crippen LogP contribution < -0.4 is 5.32 Å². The molecule has 0 aromatic carbocycles. The van der Waals surface area contributed by atoms with Gasteiger partial charge >= 0.3 is 5.69 Å². The molecule has 1 heterocycles. The van der Waals surface area contributed by atoms with E-state index in [0.29, 0.717) is 4.47 Å². The van der Waals surface area contributed by atoms with E-state index in [2.05, 4.69) is 26.2 Å². The van der Waals surface area contributed by atoms with Crippen molar-refractivity contribution in [3.05, 3.63) is 26.9 Å². The predicted molar refractivity (Wildman–Crippen MR) is 74.6 cm³/mol. The van der Waals surface area contributed by atoms with E-state index in [1.807, 2.05) is 0 Å². The molecule has 1 aromatic rings. The Bertz CT molecular complexity index is 576. The van der Waals surface area contributed by atoms with Crippen molar-refractivity contribution in [3.8, 4) is 0 Å². The molecule has 0 amide bonds. The summed E-state index contributed by atoms with van der Waals surface area (Å²) in [5.41, 5.74) is -0.211. The molecule has 0 saturated heterocycles. The molecule has 0 aliphatic carbocycles. The molecule has 0 atom stereocenters. The third-order valence-corrected chi connectivity index (χ3v) is 4.51. The summed E-state index contributed by atoms with van der Waals surface area (Å²) >= 11 is 3.09. The number of hydrogen-bond donors (Lipinski definition) is 1. The van der Waals surface area contributed by atoms with Gasteiger partial charge in [0.1, 0.15) is 0 Å². The highest BCUT2D eigenvalue weighted by Gasteiger charge is 2.17. The topological polar surface area (TPSA) is 105 Å². The van der Waals surface area contributed by atoms with E-state index < -0.39 is 14.9 Å². The lowest BCUT2D eigenvalue weighted by atomic mass is 10.4. The second-order valence-corrected chi connectivity index (χ2v) is 7.02. The first-order chi connectivity index (χ1) is 8.74. The van der Waals surface area contributed by atoms with E-state index in [0.717, 1.165) is 4.31 Å². The molecule has 0 unspecified atom stereocenters. The van der Waals surface area contributed by atoms with Gasteiger partial charge in [0, 0.05) is 37.4 Å². The second-order valence-electron chi connectivity index (χ2n) is 3.80. The lowest BCUT2D eigenvalue weighted by Crippen LogP contribution is -2.28. The number of sulfonamides is 1. The van der Waals surface area contributed by atoms with Gasteiger partial charge in [-0.05, 0) is 15.9 Å². The van der Waals surface area contributed by atoms with E-state index in [9.17, 15) is 18.5 Å². The first-order valence-electron chi connectivity index (χ1n) is 5.18. The Balaban J connectivity index is 2.77. The fraction of sp³-hybridized carbons (Fsp3) is 0.444. The number of halogens is 1. The van der Waals surface area contributed by atoms with Gasteiger partial charge in [-0.2, -0.15) is 0 Å². The van der Waals surface area contributed by atoms with E-state index in [1.54, 1.807) is 0 Å². The molecule has 1 N–H and O–H groups in total. The number of hydrogen-bond acceptors (Lipinski definition) is 6. The molecule has 1 aromatic heterocycles. The smallest absolute Gasteiger partial charge is 0.312 e. The number of aromatic nitrogens is 1. The van der Waals surface area contributed by atoms with Crippen LogP contribution >= 0.6 is 15.9 Å². The first-order valence-corrected chi connectivity index (χ1v) is 7.58. The van der Waals surface area contributed by atoms with Crippen molar-refractivity contribution in [1.82, 2.24) is 9.29 Å². The molecule has 0 aliphatic rings. The van der Waals surface area contributed by atoms with Crippen LogP contribution in [0.5, 0.6) is 0 Å². The molecule has 10 heteroatoms. The Morgan fingerprint density at radius 2 is 2.16 bits per heavy atom. The van der Waals surface area contributed by atoms with E-state index >= 15 is 0 Å². The van der Waals surface area contributed by atoms with Crippen LogP contribution in [0.15, 0.2) is 16.7 Å². The molecule has 0 bridgehead atoms. The summed E-state index contributed by atoms with van der Waals surface area (Å²) in [6.07, 6.45) is 1.40. The van der Waals surface area contributed by atoms with Gasteiger partial charge in [-0.3, -0.25) is 10.1 Å². The van der Waals surface area contributed by atoms with Crippen molar-refractivity contribution in [2.24, 2.45) is 0 Å². The first kappa shape index (κ1) is 15.8. The summed E-state index contributed by atoms with van der Waals surface area (Å²) in [5.74, 6) is -0.128. The van der Waals surface area contributed by atoms with Gasteiger partial charge in [0.2, 0.25) is 15.8 Å². The van der Waals surface area contributed by atoms with Crippen LogP contribution in [0.1, 0.15) is 0 Å². The molecule has 1 rings (SSSR count). The van der Waals surface area contributed by atoms with E-state index in [1.165, 1.54) is 26.4 Å². The van der Waals surface area contributed by atoms with Crippen molar-refractivity contribution < 1.29 is 13.3 Å². The summed E-state index contributed by atoms with van der Waals surface area (Å²) in [6.45, 7) is 0.0377. The number of anilines is 1. The number of nitrogens with zero attached hydrogens (tertiary/aromatic N) is 3. The maximum Gasteiger partial charge on any atom is 0.312 e. The largest absolute Gasteiger partial charge is 0.363 e. The van der Waals surface area contributed by atoms with Crippen LogP contribution in [0, 0.1) is 10.1 Å². The van der Waals surface area contributed by atoms with Gasteiger partial charge in [-0.1, -0.05) is 0 Å². The highest BCUT2D eigenvalue weighted by Crippen LogP contribution is 2.24. The standard InChI is InChI=1S/C9H13BrN4O4S/c1-13(2)19(17,18)4-3-11-9-8(14(15)16)5-7(10)6-12-9/h5-6H,3-4H2,1-2H3,(H,11,12). The number of nitro groups is 1. The molecule has 8 nitrogen and oxygen atoms in total. The highest BCUT2D eigenvalue weighted by atomic mass is 79.9. The van der Waals surface area contributed by atoms with Crippen molar-refractivity contribution in [1.29, 1.82) is 0 Å². The zero-order chi connectivity index (χ0) is 14.6. The van der Waals surface area contributed by atoms with Crippen molar-refractivity contribution in [3.63, 3.8) is 0 Å². The quantitative estimate of drug-likeness (QED) is 0.605. The lowest BCUT2D eigenvalue weighted by molar-refractivity contribution is -0.384. The molecule has 0 radical (unpaired) electrons. The number of nitrogens with one attached hydrogen (secondary N) is 1. The Morgan fingerprint density at radius 1 is 1.53 bits per heavy atom. The average Bonchev–Trinajstić information content (AvgIpc) is 2.30. The predicted octanol–water partition coefficient (Wildman–Crippen LogP) is 1.06. The van der Waals surface area contributed by atoms with E-state index in [4.69, 9.17) is 0 Å². The summed E-state index contributed by atoms with van der Waals surface area (Å²) in [7, 11) is -0.493. The van der Waals surface area contributed by atoms with Gasteiger partial charge in [0.15, 0.2) is 0 Å². The average molecular weight is 353 g/mol. The lowest BCUT2D eigenvalue weighted by Gasteiger charge is -2.11. The van der Waals surface area contributed by atoms with Gasteiger partial charge in [0.25, 0.3) is 0 Å². The van der Waals surface area contributed by atoms with Crippen molar-refractivity contribution >= 4 is 37.5 Å². The molecule has 0 saturated carbocycles. The van der Waals surface area contributed by atoms with Crippen molar-refractivity contribution in [2.75, 3.05) is 31.7 Å². The number of rotatable bonds is 6. The normalized spacial score (nSPS) is 11.6. The minimum absolute atomic E-state index is 0.0377. The summed E-state index contributed by atoms with van der Waals surface area (Å²) < 4.78 is 24.6.